The summed E-state index contributed by atoms with van der Waals surface area (Å²) >= 11 is 0. The zero-order chi connectivity index (χ0) is 0. The van der Waals surface area contributed by atoms with Gasteiger partial charge < -0.3 is 11.0 Å². The van der Waals surface area contributed by atoms with Crippen LogP contribution in [0.15, 0.2) is 0 Å². The molecule has 0 atom stereocenters. The molecule has 0 heterocycles. The Balaban J connectivity index is 0. The SMILES string of the molecule is O.O.[HH].[HH].[HH].[HH].[Pb].[Pb]. The molecule has 0 aromatic rings. The van der Waals surface area contributed by atoms with Crippen molar-refractivity contribution < 1.29 is 16.7 Å². The van der Waals surface area contributed by atoms with E-state index < -0.39 is 0 Å². The van der Waals surface area contributed by atoms with Crippen LogP contribution in [0.2, 0.25) is 0 Å². The van der Waals surface area contributed by atoms with Crippen LogP contribution < -0.4 is 0 Å². The molecule has 0 aliphatic carbocycles. The Morgan fingerprint density at radius 1 is 0.750 bits per heavy atom. The van der Waals surface area contributed by atoms with Crippen LogP contribution >= 0.6 is 0 Å². The van der Waals surface area contributed by atoms with Crippen molar-refractivity contribution in [3.8, 4) is 0 Å². The molecule has 0 aromatic carbocycles. The summed E-state index contributed by atoms with van der Waals surface area (Å²) in [5, 5.41) is 0. The van der Waals surface area contributed by atoms with Gasteiger partial charge in [-0.25, -0.2) is 0 Å². The van der Waals surface area contributed by atoms with Crippen molar-refractivity contribution in [2.45, 2.75) is 0 Å². The molecule has 4 N–H and O–H groups in total. The van der Waals surface area contributed by atoms with E-state index in [1.165, 1.54) is 0 Å². The van der Waals surface area contributed by atoms with E-state index in [1.54, 1.807) is 0 Å². The molecular weight excluding hydrogens is 446 g/mol. The van der Waals surface area contributed by atoms with E-state index >= 15 is 0 Å². The van der Waals surface area contributed by atoms with E-state index in [2.05, 4.69) is 0 Å². The summed E-state index contributed by atoms with van der Waals surface area (Å²) < 4.78 is 0. The fraction of sp³-hybridized carbons (Fsp3) is 0. The molecule has 0 amide bonds. The van der Waals surface area contributed by atoms with Crippen LogP contribution in [-0.4, -0.2) is 65.5 Å². The fourth-order valence-corrected chi connectivity index (χ4v) is 0. The molecule has 4 heavy (non-hydrogen) atoms. The van der Waals surface area contributed by atoms with E-state index in [4.69, 9.17) is 0 Å². The third-order valence-electron chi connectivity index (χ3n) is 0. The first kappa shape index (κ1) is 42.0. The maximum Gasteiger partial charge on any atom is 0 e. The average molecular weight is 458 g/mol. The van der Waals surface area contributed by atoms with Gasteiger partial charge in [0.25, 0.3) is 0 Å². The van der Waals surface area contributed by atoms with Crippen molar-refractivity contribution in [3.05, 3.63) is 0 Å². The molecule has 0 bridgehead atoms. The minimum absolute atomic E-state index is 0. The predicted octanol–water partition coefficient (Wildman–Crippen LogP) is -1.43. The Kier molecular flexibility index (Phi) is 228. The van der Waals surface area contributed by atoms with E-state index in [0.29, 0.717) is 0 Å². The zero-order valence-electron chi connectivity index (χ0n) is 2.00. The summed E-state index contributed by atoms with van der Waals surface area (Å²) in [6.07, 6.45) is 0. The second kappa shape index (κ2) is 21.7. The molecule has 0 unspecified atom stereocenters. The first-order valence-corrected chi connectivity index (χ1v) is 0. The summed E-state index contributed by atoms with van der Waals surface area (Å²) in [6.45, 7) is 0. The van der Waals surface area contributed by atoms with Crippen molar-refractivity contribution in [1.29, 1.82) is 0 Å². The second-order valence-corrected chi connectivity index (χ2v) is 0. The maximum absolute atomic E-state index is 0. The van der Waals surface area contributed by atoms with Gasteiger partial charge in [-0.05, 0) is 0 Å². The Morgan fingerprint density at radius 3 is 0.750 bits per heavy atom. The summed E-state index contributed by atoms with van der Waals surface area (Å²) in [6, 6.07) is 0. The van der Waals surface area contributed by atoms with Crippen molar-refractivity contribution in [2.75, 3.05) is 0 Å². The van der Waals surface area contributed by atoms with Crippen LogP contribution in [0.25, 0.3) is 0 Å². The van der Waals surface area contributed by atoms with E-state index in [1.807, 2.05) is 0 Å². The fourth-order valence-electron chi connectivity index (χ4n) is 0. The smallest absolute Gasteiger partial charge is 0 e. The molecular formula is H12O2Pb2. The minimum Gasteiger partial charge on any atom is -0.412 e. The molecule has 8 radical (unpaired) electrons. The summed E-state index contributed by atoms with van der Waals surface area (Å²) in [4.78, 5) is 0. The van der Waals surface area contributed by atoms with E-state index in [0.717, 1.165) is 0 Å². The summed E-state index contributed by atoms with van der Waals surface area (Å²) in [5.74, 6) is 0. The van der Waals surface area contributed by atoms with Gasteiger partial charge in [0.15, 0.2) is 0 Å². The topological polar surface area (TPSA) is 63.0 Å². The zero-order valence-corrected chi connectivity index (χ0v) is 9.77. The first-order valence-electron chi connectivity index (χ1n) is 0. The summed E-state index contributed by atoms with van der Waals surface area (Å²) in [7, 11) is 0. The van der Waals surface area contributed by atoms with Gasteiger partial charge in [-0.1, -0.05) is 0 Å². The van der Waals surface area contributed by atoms with Crippen molar-refractivity contribution in [1.82, 2.24) is 0 Å². The van der Waals surface area contributed by atoms with Gasteiger partial charge in [0.1, 0.15) is 0 Å². The number of hydrogen-bond donors (Lipinski definition) is 0. The Labute approximate surface area is 70.8 Å². The van der Waals surface area contributed by atoms with Gasteiger partial charge in [-0.2, -0.15) is 0 Å². The molecule has 0 fully saturated rings. The summed E-state index contributed by atoms with van der Waals surface area (Å²) in [5.41, 5.74) is 0. The predicted molar refractivity (Wildman–Crippen MR) is 27.2 cm³/mol. The quantitative estimate of drug-likeness (QED) is 0.400. The van der Waals surface area contributed by atoms with Crippen LogP contribution in [0.4, 0.5) is 0 Å². The molecule has 0 rings (SSSR count). The third kappa shape index (κ3) is 9.24. The van der Waals surface area contributed by atoms with Gasteiger partial charge in [-0.15, -0.1) is 0 Å². The second-order valence-electron chi connectivity index (χ2n) is 0. The van der Waals surface area contributed by atoms with Crippen LogP contribution in [-0.2, 0) is 0 Å². The third-order valence-corrected chi connectivity index (χ3v) is 0. The van der Waals surface area contributed by atoms with Gasteiger partial charge in [0.2, 0.25) is 0 Å². The van der Waals surface area contributed by atoms with Crippen LogP contribution in [0.3, 0.4) is 0 Å². The van der Waals surface area contributed by atoms with Crippen molar-refractivity contribution in [3.63, 3.8) is 0 Å². The first-order chi connectivity index (χ1) is 0. The Hall–Kier alpha value is 1.76. The van der Waals surface area contributed by atoms with Gasteiger partial charge >= 0.3 is 0 Å². The van der Waals surface area contributed by atoms with Gasteiger partial charge in [-0.3, -0.25) is 0 Å². The minimum atomic E-state index is 0. The molecule has 0 spiro atoms. The van der Waals surface area contributed by atoms with Crippen LogP contribution in [0.5, 0.6) is 0 Å². The molecule has 0 aliphatic heterocycles. The van der Waals surface area contributed by atoms with Crippen LogP contribution in [0.1, 0.15) is 5.71 Å². The average Bonchev–Trinajstić information content (AvgIpc) is 0. The Bertz CT molecular complexity index is 12.0. The normalized spacial score (nSPS) is 0. The molecule has 2 nitrogen and oxygen atoms in total. The largest absolute Gasteiger partial charge is 0.412 e. The molecule has 0 aromatic heterocycles. The van der Waals surface area contributed by atoms with Crippen molar-refractivity contribution >= 4 is 54.6 Å². The molecule has 0 saturated heterocycles. The van der Waals surface area contributed by atoms with Gasteiger partial charge in [0, 0.05) is 60.3 Å². The molecule has 0 saturated carbocycles. The number of rotatable bonds is 0. The molecule has 4 heteroatoms. The molecule has 32 valence electrons. The monoisotopic (exact) mass is 460 g/mol. The van der Waals surface area contributed by atoms with Crippen molar-refractivity contribution in [2.24, 2.45) is 0 Å². The Morgan fingerprint density at radius 2 is 0.750 bits per heavy atom. The number of hydrogen-bond acceptors (Lipinski definition) is 0. The van der Waals surface area contributed by atoms with Gasteiger partial charge in [0.05, 0.1) is 0 Å². The van der Waals surface area contributed by atoms with Crippen LogP contribution in [0, 0.1) is 0 Å². The van der Waals surface area contributed by atoms with E-state index in [9.17, 15) is 0 Å². The standard InChI is InChI=1S/2H2O.2Pb.4H2/h2*1H2;;;4*1H. The maximum atomic E-state index is 0. The van der Waals surface area contributed by atoms with E-state index in [-0.39, 0.29) is 71.3 Å². The molecule has 0 aliphatic rings.